The van der Waals surface area contributed by atoms with Crippen LogP contribution in [-0.4, -0.2) is 46.1 Å². The lowest BCUT2D eigenvalue weighted by Crippen LogP contribution is -2.44. The summed E-state index contributed by atoms with van der Waals surface area (Å²) in [6, 6.07) is 10.1. The molecule has 0 unspecified atom stereocenters. The van der Waals surface area contributed by atoms with Crippen molar-refractivity contribution in [3.63, 3.8) is 0 Å². The third-order valence-electron chi connectivity index (χ3n) is 5.16. The van der Waals surface area contributed by atoms with Crippen molar-refractivity contribution in [1.82, 2.24) is 25.3 Å². The van der Waals surface area contributed by atoms with Crippen LogP contribution in [0, 0.1) is 0 Å². The van der Waals surface area contributed by atoms with E-state index in [1.807, 2.05) is 12.1 Å². The van der Waals surface area contributed by atoms with E-state index in [-0.39, 0.29) is 0 Å². The van der Waals surface area contributed by atoms with Crippen molar-refractivity contribution < 1.29 is 0 Å². The van der Waals surface area contributed by atoms with E-state index in [9.17, 15) is 0 Å². The maximum atomic E-state index is 6.03. The Morgan fingerprint density at radius 2 is 1.86 bits per heavy atom. The zero-order valence-electron chi connectivity index (χ0n) is 16.6. The van der Waals surface area contributed by atoms with E-state index in [0.29, 0.717) is 12.3 Å². The summed E-state index contributed by atoms with van der Waals surface area (Å²) in [5.41, 5.74) is 3.13. The largest absolute Gasteiger partial charge is 0.354 e. The minimum Gasteiger partial charge on any atom is -0.354 e. The zero-order chi connectivity index (χ0) is 20.1. The van der Waals surface area contributed by atoms with Crippen LogP contribution in [0.4, 0.5) is 5.82 Å². The molecule has 0 saturated carbocycles. The number of nitrogens with zero attached hydrogens (tertiary/aromatic N) is 5. The van der Waals surface area contributed by atoms with Crippen molar-refractivity contribution in [2.24, 2.45) is 0 Å². The van der Waals surface area contributed by atoms with E-state index in [0.717, 1.165) is 60.7 Å². The molecular formula is C22H25ClN6. The van der Waals surface area contributed by atoms with Gasteiger partial charge < -0.3 is 10.2 Å². The number of hydrogen-bond acceptors (Lipinski definition) is 6. The molecular weight excluding hydrogens is 384 g/mol. The van der Waals surface area contributed by atoms with Gasteiger partial charge in [0, 0.05) is 68.7 Å². The van der Waals surface area contributed by atoms with Crippen molar-refractivity contribution >= 4 is 17.4 Å². The normalized spacial score (nSPS) is 15.3. The van der Waals surface area contributed by atoms with Crippen LogP contribution in [0.3, 0.4) is 0 Å². The molecule has 0 radical (unpaired) electrons. The lowest BCUT2D eigenvalue weighted by atomic mass is 9.97. The van der Waals surface area contributed by atoms with Crippen molar-refractivity contribution in [3.8, 4) is 0 Å². The highest BCUT2D eigenvalue weighted by Gasteiger charge is 2.17. The lowest BCUT2D eigenvalue weighted by Gasteiger charge is -2.29. The molecule has 1 aliphatic heterocycles. The van der Waals surface area contributed by atoms with Crippen LogP contribution in [0.25, 0.3) is 0 Å². The summed E-state index contributed by atoms with van der Waals surface area (Å²) in [5, 5.41) is 4.15. The average molecular weight is 409 g/mol. The number of rotatable bonds is 6. The summed E-state index contributed by atoms with van der Waals surface area (Å²) in [5.74, 6) is 2.16. The Morgan fingerprint density at radius 1 is 1.07 bits per heavy atom. The maximum Gasteiger partial charge on any atom is 0.132 e. The highest BCUT2D eigenvalue weighted by molar-refractivity contribution is 6.30. The highest BCUT2D eigenvalue weighted by atomic mass is 35.5. The van der Waals surface area contributed by atoms with Gasteiger partial charge in [0.25, 0.3) is 0 Å². The molecule has 150 valence electrons. The quantitative estimate of drug-likeness (QED) is 0.675. The van der Waals surface area contributed by atoms with Crippen molar-refractivity contribution in [3.05, 3.63) is 76.7 Å². The molecule has 4 rings (SSSR count). The van der Waals surface area contributed by atoms with Crippen LogP contribution in [0.5, 0.6) is 0 Å². The number of nitrogens with one attached hydrogen (secondary N) is 1. The van der Waals surface area contributed by atoms with Crippen LogP contribution >= 0.6 is 11.6 Å². The Bertz CT molecular complexity index is 926. The number of hydrogen-bond donors (Lipinski definition) is 1. The first-order chi connectivity index (χ1) is 14.2. The van der Waals surface area contributed by atoms with Crippen molar-refractivity contribution in [2.75, 3.05) is 31.1 Å². The molecule has 7 heteroatoms. The van der Waals surface area contributed by atoms with Gasteiger partial charge in [0.05, 0.1) is 11.4 Å². The Hall–Kier alpha value is -2.57. The molecule has 1 saturated heterocycles. The maximum absolute atomic E-state index is 6.03. The first kappa shape index (κ1) is 19.7. The fourth-order valence-electron chi connectivity index (χ4n) is 3.56. The Kier molecular flexibility index (Phi) is 6.32. The topological polar surface area (TPSA) is 66.8 Å². The monoisotopic (exact) mass is 408 g/mol. The molecule has 3 heterocycles. The van der Waals surface area contributed by atoms with Gasteiger partial charge in [-0.3, -0.25) is 9.97 Å². The molecule has 2 aromatic heterocycles. The van der Waals surface area contributed by atoms with Gasteiger partial charge in [-0.1, -0.05) is 30.7 Å². The summed E-state index contributed by atoms with van der Waals surface area (Å²) < 4.78 is 0. The summed E-state index contributed by atoms with van der Waals surface area (Å²) in [6.07, 6.45) is 6.63. The molecule has 1 atom stereocenters. The third kappa shape index (κ3) is 5.28. The van der Waals surface area contributed by atoms with E-state index in [1.54, 1.807) is 18.6 Å². The zero-order valence-corrected chi connectivity index (χ0v) is 17.3. The molecule has 3 aromatic rings. The van der Waals surface area contributed by atoms with Gasteiger partial charge in [0.15, 0.2) is 0 Å². The molecule has 1 fully saturated rings. The summed E-state index contributed by atoms with van der Waals surface area (Å²) in [6.45, 7) is 6.05. The van der Waals surface area contributed by atoms with Gasteiger partial charge in [0.2, 0.25) is 0 Å². The summed E-state index contributed by atoms with van der Waals surface area (Å²) in [7, 11) is 0. The van der Waals surface area contributed by atoms with Gasteiger partial charge in [-0.2, -0.15) is 0 Å². The second kappa shape index (κ2) is 9.29. The molecule has 0 bridgehead atoms. The molecule has 0 spiro atoms. The smallest absolute Gasteiger partial charge is 0.132 e. The molecule has 0 aliphatic carbocycles. The fourth-order valence-corrected chi connectivity index (χ4v) is 3.69. The first-order valence-electron chi connectivity index (χ1n) is 10.0. The van der Waals surface area contributed by atoms with Gasteiger partial charge in [0.1, 0.15) is 11.6 Å². The summed E-state index contributed by atoms with van der Waals surface area (Å²) in [4.78, 5) is 20.7. The van der Waals surface area contributed by atoms with Gasteiger partial charge in [-0.25, -0.2) is 9.97 Å². The molecule has 6 nitrogen and oxygen atoms in total. The van der Waals surface area contributed by atoms with Crippen molar-refractivity contribution in [2.45, 2.75) is 25.7 Å². The number of piperazine rings is 1. The van der Waals surface area contributed by atoms with Gasteiger partial charge in [-0.15, -0.1) is 0 Å². The van der Waals surface area contributed by atoms with Crippen LogP contribution in [0.1, 0.15) is 35.6 Å². The van der Waals surface area contributed by atoms with Crippen LogP contribution < -0.4 is 10.2 Å². The van der Waals surface area contributed by atoms with E-state index >= 15 is 0 Å². The Balaban J connectivity index is 1.60. The van der Waals surface area contributed by atoms with Crippen LogP contribution in [-0.2, 0) is 12.8 Å². The van der Waals surface area contributed by atoms with E-state index in [4.69, 9.17) is 21.6 Å². The Morgan fingerprint density at radius 3 is 2.59 bits per heavy atom. The van der Waals surface area contributed by atoms with Gasteiger partial charge in [-0.05, 0) is 23.6 Å². The molecule has 1 N–H and O–H groups in total. The summed E-state index contributed by atoms with van der Waals surface area (Å²) >= 11 is 6.03. The number of anilines is 1. The van der Waals surface area contributed by atoms with Crippen LogP contribution in [0.15, 0.2) is 48.9 Å². The van der Waals surface area contributed by atoms with E-state index in [2.05, 4.69) is 45.3 Å². The second-order valence-electron chi connectivity index (χ2n) is 7.40. The second-order valence-corrected chi connectivity index (χ2v) is 7.84. The minimum atomic E-state index is 0.301. The van der Waals surface area contributed by atoms with E-state index in [1.165, 1.54) is 5.56 Å². The van der Waals surface area contributed by atoms with Crippen LogP contribution in [0.2, 0.25) is 5.02 Å². The van der Waals surface area contributed by atoms with Crippen molar-refractivity contribution in [1.29, 1.82) is 0 Å². The highest BCUT2D eigenvalue weighted by Crippen LogP contribution is 2.23. The number of aromatic nitrogens is 4. The number of halogens is 1. The SMILES string of the molecule is C[C@H](Cc1nc(Cc2cnccn2)cc(N2CCNCC2)n1)c1ccc(Cl)cc1. The van der Waals surface area contributed by atoms with Gasteiger partial charge >= 0.3 is 0 Å². The number of benzene rings is 1. The molecule has 1 aromatic carbocycles. The minimum absolute atomic E-state index is 0.301. The predicted molar refractivity (Wildman–Crippen MR) is 116 cm³/mol. The molecule has 1 aliphatic rings. The fraction of sp³-hybridized carbons (Fsp3) is 0.364. The molecule has 0 amide bonds. The van der Waals surface area contributed by atoms with E-state index < -0.39 is 0 Å². The first-order valence-corrected chi connectivity index (χ1v) is 10.4. The lowest BCUT2D eigenvalue weighted by molar-refractivity contribution is 0.582. The Labute approximate surface area is 176 Å². The molecule has 29 heavy (non-hydrogen) atoms. The third-order valence-corrected chi connectivity index (χ3v) is 5.41. The predicted octanol–water partition coefficient (Wildman–Crippen LogP) is 3.27. The standard InChI is InChI=1S/C22H25ClN6/c1-16(17-2-4-18(23)5-3-17)12-21-27-19(13-20-15-25-6-7-26-20)14-22(28-21)29-10-8-24-9-11-29/h2-7,14-16,24H,8-13H2,1H3/t16-/m1/s1. The average Bonchev–Trinajstić information content (AvgIpc) is 2.75.